The molecular formula is C25H21F6NO6. The SMILES string of the molecule is COc1ccc2c(c1)C(OC)(C(F)(F)F)CN=C2C=Cc1ccc(C(F)(F)F)cc1.O=C(O)C=CC(=O)O. The maximum atomic E-state index is 13.9. The summed E-state index contributed by atoms with van der Waals surface area (Å²) in [5.74, 6) is -2.29. The molecule has 0 bridgehead atoms. The van der Waals surface area contributed by atoms with E-state index in [9.17, 15) is 35.9 Å². The van der Waals surface area contributed by atoms with Crippen LogP contribution in [0.3, 0.4) is 0 Å². The van der Waals surface area contributed by atoms with Gasteiger partial charge in [-0.25, -0.2) is 9.59 Å². The summed E-state index contributed by atoms with van der Waals surface area (Å²) in [4.78, 5) is 23.2. The van der Waals surface area contributed by atoms with Crippen molar-refractivity contribution in [3.05, 3.63) is 82.9 Å². The molecule has 204 valence electrons. The van der Waals surface area contributed by atoms with Crippen LogP contribution >= 0.6 is 0 Å². The number of aliphatic imine (C=N–C) groups is 1. The van der Waals surface area contributed by atoms with Crippen molar-refractivity contribution in [1.82, 2.24) is 0 Å². The molecule has 0 radical (unpaired) electrons. The van der Waals surface area contributed by atoms with E-state index in [-0.39, 0.29) is 22.6 Å². The molecule has 1 atom stereocenters. The summed E-state index contributed by atoms with van der Waals surface area (Å²) < 4.78 is 89.6. The molecule has 1 aliphatic heterocycles. The van der Waals surface area contributed by atoms with Crippen LogP contribution in [0.2, 0.25) is 0 Å². The molecule has 7 nitrogen and oxygen atoms in total. The molecule has 38 heavy (non-hydrogen) atoms. The Morgan fingerprint density at radius 3 is 1.95 bits per heavy atom. The Labute approximate surface area is 212 Å². The van der Waals surface area contributed by atoms with E-state index in [1.54, 1.807) is 0 Å². The van der Waals surface area contributed by atoms with E-state index >= 15 is 0 Å². The van der Waals surface area contributed by atoms with Crippen LogP contribution < -0.4 is 4.74 Å². The highest BCUT2D eigenvalue weighted by Crippen LogP contribution is 2.46. The number of carboxylic acid groups (broad SMARTS) is 2. The average Bonchev–Trinajstić information content (AvgIpc) is 2.85. The molecule has 2 N–H and O–H groups in total. The van der Waals surface area contributed by atoms with E-state index in [4.69, 9.17) is 19.7 Å². The quantitative estimate of drug-likeness (QED) is 0.375. The number of rotatable bonds is 6. The Morgan fingerprint density at radius 2 is 1.50 bits per heavy atom. The summed E-state index contributed by atoms with van der Waals surface area (Å²) in [6.45, 7) is -0.695. The van der Waals surface area contributed by atoms with Crippen molar-refractivity contribution in [1.29, 1.82) is 0 Å². The molecule has 0 amide bonds. The van der Waals surface area contributed by atoms with Gasteiger partial charge in [-0.2, -0.15) is 26.3 Å². The van der Waals surface area contributed by atoms with Gasteiger partial charge in [0.1, 0.15) is 5.75 Å². The van der Waals surface area contributed by atoms with Crippen molar-refractivity contribution in [2.75, 3.05) is 20.8 Å². The Hall–Kier alpha value is -4.13. The standard InChI is InChI=1S/C21H17F6NO2.C4H4O4/c1-29-15-8-9-16-17(11-15)19(30-2,21(25,26)27)12-28-18(16)10-5-13-3-6-14(7-4-13)20(22,23)24;5-3(6)1-2-4(7)8/h3-11H,12H2,1-2H3;1-2H,(H,5,6)(H,7,8). The van der Waals surface area contributed by atoms with Crippen molar-refractivity contribution < 1.29 is 55.6 Å². The third-order valence-corrected chi connectivity index (χ3v) is 5.26. The number of methoxy groups -OCH3 is 2. The Kier molecular flexibility index (Phi) is 9.46. The van der Waals surface area contributed by atoms with Crippen LogP contribution in [0, 0.1) is 0 Å². The normalized spacial score (nSPS) is 17.4. The highest BCUT2D eigenvalue weighted by Gasteiger charge is 2.59. The van der Waals surface area contributed by atoms with Gasteiger partial charge in [-0.15, -0.1) is 0 Å². The summed E-state index contributed by atoms with van der Waals surface area (Å²) in [5.41, 5.74) is -2.65. The number of hydrogen-bond donors (Lipinski definition) is 2. The van der Waals surface area contributed by atoms with Crippen molar-refractivity contribution >= 4 is 23.7 Å². The first-order chi connectivity index (χ1) is 17.6. The van der Waals surface area contributed by atoms with Crippen LogP contribution in [0.4, 0.5) is 26.3 Å². The van der Waals surface area contributed by atoms with Crippen LogP contribution in [0.5, 0.6) is 5.75 Å². The lowest BCUT2D eigenvalue weighted by Gasteiger charge is -2.37. The van der Waals surface area contributed by atoms with Crippen molar-refractivity contribution in [3.63, 3.8) is 0 Å². The van der Waals surface area contributed by atoms with Crippen LogP contribution in [0.15, 0.2) is 65.7 Å². The van der Waals surface area contributed by atoms with Crippen molar-refractivity contribution in [3.8, 4) is 5.75 Å². The molecule has 13 heteroatoms. The average molecular weight is 545 g/mol. The molecule has 1 heterocycles. The fraction of sp³-hybridized carbons (Fsp3) is 0.240. The Bertz CT molecular complexity index is 1230. The summed E-state index contributed by atoms with van der Waals surface area (Å²) >= 11 is 0. The molecule has 0 aliphatic carbocycles. The third kappa shape index (κ3) is 7.22. The highest BCUT2D eigenvalue weighted by atomic mass is 19.4. The van der Waals surface area contributed by atoms with Crippen LogP contribution in [-0.2, 0) is 26.1 Å². The molecule has 0 saturated carbocycles. The maximum Gasteiger partial charge on any atom is 0.423 e. The number of alkyl halides is 6. The fourth-order valence-corrected chi connectivity index (χ4v) is 3.35. The number of carboxylic acids is 2. The first-order valence-electron chi connectivity index (χ1n) is 10.5. The van der Waals surface area contributed by atoms with Crippen LogP contribution in [-0.4, -0.2) is 54.8 Å². The van der Waals surface area contributed by atoms with Gasteiger partial charge in [0, 0.05) is 30.4 Å². The lowest BCUT2D eigenvalue weighted by molar-refractivity contribution is -0.272. The Balaban J connectivity index is 0.000000550. The largest absolute Gasteiger partial charge is 0.497 e. The molecule has 0 fully saturated rings. The van der Waals surface area contributed by atoms with E-state index in [1.165, 1.54) is 49.6 Å². The predicted octanol–water partition coefficient (Wildman–Crippen LogP) is 5.35. The van der Waals surface area contributed by atoms with Gasteiger partial charge in [0.25, 0.3) is 0 Å². The van der Waals surface area contributed by atoms with E-state index in [1.807, 2.05) is 0 Å². The summed E-state index contributed by atoms with van der Waals surface area (Å²) in [6, 6.07) is 8.61. The van der Waals surface area contributed by atoms with E-state index in [0.717, 1.165) is 19.2 Å². The zero-order valence-corrected chi connectivity index (χ0v) is 19.8. The molecule has 3 rings (SSSR count). The van der Waals surface area contributed by atoms with Crippen LogP contribution in [0.1, 0.15) is 22.3 Å². The highest BCUT2D eigenvalue weighted by molar-refractivity contribution is 6.12. The number of ether oxygens (including phenoxy) is 2. The molecule has 1 unspecified atom stereocenters. The van der Waals surface area contributed by atoms with Gasteiger partial charge >= 0.3 is 24.3 Å². The lowest BCUT2D eigenvalue weighted by Crippen LogP contribution is -2.49. The first-order valence-corrected chi connectivity index (χ1v) is 10.5. The molecular weight excluding hydrogens is 524 g/mol. The minimum absolute atomic E-state index is 0.140. The summed E-state index contributed by atoms with van der Waals surface area (Å²) in [5, 5.41) is 15.6. The number of carbonyl (C=O) groups is 2. The number of hydrogen-bond acceptors (Lipinski definition) is 5. The van der Waals surface area contributed by atoms with Gasteiger partial charge in [0.05, 0.1) is 24.9 Å². The fourth-order valence-electron chi connectivity index (χ4n) is 3.35. The van der Waals surface area contributed by atoms with Gasteiger partial charge in [-0.1, -0.05) is 18.2 Å². The monoisotopic (exact) mass is 545 g/mol. The number of aliphatic carboxylic acids is 2. The minimum atomic E-state index is -4.73. The van der Waals surface area contributed by atoms with Gasteiger partial charge in [0.2, 0.25) is 5.60 Å². The number of halogens is 6. The summed E-state index contributed by atoms with van der Waals surface area (Å²) in [7, 11) is 2.31. The van der Waals surface area contributed by atoms with Gasteiger partial charge < -0.3 is 19.7 Å². The smallest absolute Gasteiger partial charge is 0.423 e. The minimum Gasteiger partial charge on any atom is -0.497 e. The Morgan fingerprint density at radius 1 is 0.921 bits per heavy atom. The number of allylic oxidation sites excluding steroid dienone is 1. The first kappa shape index (κ1) is 30.1. The molecule has 2 aromatic carbocycles. The number of fused-ring (bicyclic) bond motifs is 1. The second-order valence-electron chi connectivity index (χ2n) is 7.60. The second-order valence-corrected chi connectivity index (χ2v) is 7.60. The predicted molar refractivity (Wildman–Crippen MR) is 124 cm³/mol. The third-order valence-electron chi connectivity index (χ3n) is 5.26. The topological polar surface area (TPSA) is 105 Å². The lowest BCUT2D eigenvalue weighted by atomic mass is 9.84. The van der Waals surface area contributed by atoms with Crippen molar-refractivity contribution in [2.24, 2.45) is 4.99 Å². The van der Waals surface area contributed by atoms with Crippen LogP contribution in [0.25, 0.3) is 6.08 Å². The number of nitrogens with zero attached hydrogens (tertiary/aromatic N) is 1. The van der Waals surface area contributed by atoms with E-state index in [2.05, 4.69) is 4.99 Å². The molecule has 0 aromatic heterocycles. The summed E-state index contributed by atoms with van der Waals surface area (Å²) in [6.07, 6.45) is -5.11. The molecule has 2 aromatic rings. The molecule has 0 saturated heterocycles. The van der Waals surface area contributed by atoms with Gasteiger partial charge in [-0.05, 0) is 42.0 Å². The molecule has 1 aliphatic rings. The van der Waals surface area contributed by atoms with Crippen molar-refractivity contribution in [2.45, 2.75) is 18.0 Å². The van der Waals surface area contributed by atoms with E-state index in [0.29, 0.717) is 17.7 Å². The maximum absolute atomic E-state index is 13.9. The van der Waals surface area contributed by atoms with E-state index < -0.39 is 42.0 Å². The zero-order valence-electron chi connectivity index (χ0n) is 19.8. The van der Waals surface area contributed by atoms with Gasteiger partial charge in [0.15, 0.2) is 0 Å². The zero-order chi connectivity index (χ0) is 28.7. The number of benzene rings is 2. The second kappa shape index (κ2) is 11.9. The van der Waals surface area contributed by atoms with Gasteiger partial charge in [-0.3, -0.25) is 4.99 Å². The molecule has 0 spiro atoms.